The van der Waals surface area contributed by atoms with Gasteiger partial charge in [0.1, 0.15) is 19.8 Å². The van der Waals surface area contributed by atoms with Crippen LogP contribution in [0.3, 0.4) is 0 Å². The molecule has 2 aromatic carbocycles. The van der Waals surface area contributed by atoms with E-state index in [2.05, 4.69) is 5.32 Å². The highest BCUT2D eigenvalue weighted by Crippen LogP contribution is 2.32. The van der Waals surface area contributed by atoms with E-state index in [0.717, 1.165) is 12.0 Å². The van der Waals surface area contributed by atoms with Gasteiger partial charge in [-0.3, -0.25) is 9.59 Å². The Morgan fingerprint density at radius 1 is 1.06 bits per heavy atom. The first kappa shape index (κ1) is 24.0. The first-order chi connectivity index (χ1) is 16.0. The molecule has 8 nitrogen and oxygen atoms in total. The minimum Gasteiger partial charge on any atom is -0.493 e. The number of carbonyl (C=O) groups excluding carboxylic acids is 2. The van der Waals surface area contributed by atoms with Crippen LogP contribution in [-0.2, 0) is 9.59 Å². The fourth-order valence-corrected chi connectivity index (χ4v) is 3.23. The van der Waals surface area contributed by atoms with Crippen LogP contribution in [0.1, 0.15) is 25.8 Å². The van der Waals surface area contributed by atoms with E-state index >= 15 is 0 Å². The third-order valence-corrected chi connectivity index (χ3v) is 4.92. The maximum atomic E-state index is 12.7. The number of fused-ring (bicyclic) bond motifs is 1. The first-order valence-electron chi connectivity index (χ1n) is 11.0. The number of rotatable bonds is 10. The highest BCUT2D eigenvalue weighted by Gasteiger charge is 2.16. The van der Waals surface area contributed by atoms with Gasteiger partial charge in [0.05, 0.1) is 13.7 Å². The van der Waals surface area contributed by atoms with Crippen molar-refractivity contribution in [1.82, 2.24) is 4.90 Å². The van der Waals surface area contributed by atoms with Crippen LogP contribution in [0.25, 0.3) is 6.08 Å². The SMILES string of the molecule is CCCOc1ccc(/C=C/C(=O)N(CC)CC(=O)Nc2ccc3c(c2)OCCO3)cc1OC. The summed E-state index contributed by atoms with van der Waals surface area (Å²) >= 11 is 0. The molecule has 0 saturated carbocycles. The third kappa shape index (κ3) is 6.65. The highest BCUT2D eigenvalue weighted by molar-refractivity contribution is 5.98. The van der Waals surface area contributed by atoms with Crippen LogP contribution < -0.4 is 24.3 Å². The predicted molar refractivity (Wildman–Crippen MR) is 126 cm³/mol. The van der Waals surface area contributed by atoms with Gasteiger partial charge < -0.3 is 29.2 Å². The Hall–Kier alpha value is -3.68. The normalized spacial score (nSPS) is 12.3. The van der Waals surface area contributed by atoms with Crippen LogP contribution in [-0.4, -0.2) is 56.7 Å². The van der Waals surface area contributed by atoms with Gasteiger partial charge in [-0.25, -0.2) is 0 Å². The largest absolute Gasteiger partial charge is 0.493 e. The average Bonchev–Trinajstić information content (AvgIpc) is 2.84. The van der Waals surface area contributed by atoms with Crippen molar-refractivity contribution in [2.75, 3.05) is 45.3 Å². The van der Waals surface area contributed by atoms with E-state index < -0.39 is 0 Å². The summed E-state index contributed by atoms with van der Waals surface area (Å²) in [6.07, 6.45) is 4.03. The molecule has 2 amide bonds. The van der Waals surface area contributed by atoms with Gasteiger partial charge in [-0.2, -0.15) is 0 Å². The zero-order valence-electron chi connectivity index (χ0n) is 19.3. The predicted octanol–water partition coefficient (Wildman–Crippen LogP) is 3.76. The summed E-state index contributed by atoms with van der Waals surface area (Å²) in [5.74, 6) is 1.94. The molecule has 1 aliphatic heterocycles. The number of methoxy groups -OCH3 is 1. The molecule has 0 fully saturated rings. The number of likely N-dealkylation sites (N-methyl/N-ethyl adjacent to an activating group) is 1. The Morgan fingerprint density at radius 2 is 1.85 bits per heavy atom. The molecule has 2 aromatic rings. The van der Waals surface area contributed by atoms with Crippen molar-refractivity contribution in [1.29, 1.82) is 0 Å². The topological polar surface area (TPSA) is 86.3 Å². The zero-order valence-corrected chi connectivity index (χ0v) is 19.3. The number of nitrogens with one attached hydrogen (secondary N) is 1. The minimum atomic E-state index is -0.297. The van der Waals surface area contributed by atoms with Crippen molar-refractivity contribution < 1.29 is 28.5 Å². The molecule has 0 unspecified atom stereocenters. The molecule has 0 atom stereocenters. The maximum Gasteiger partial charge on any atom is 0.247 e. The second kappa shape index (κ2) is 11.8. The lowest BCUT2D eigenvalue weighted by atomic mass is 10.2. The van der Waals surface area contributed by atoms with Crippen molar-refractivity contribution in [3.8, 4) is 23.0 Å². The Balaban J connectivity index is 1.59. The van der Waals surface area contributed by atoms with E-state index in [4.69, 9.17) is 18.9 Å². The lowest BCUT2D eigenvalue weighted by Crippen LogP contribution is -2.36. The number of hydrogen-bond donors (Lipinski definition) is 1. The molecule has 1 aliphatic rings. The fourth-order valence-electron chi connectivity index (χ4n) is 3.23. The van der Waals surface area contributed by atoms with Crippen molar-refractivity contribution in [2.45, 2.75) is 20.3 Å². The van der Waals surface area contributed by atoms with E-state index in [-0.39, 0.29) is 18.4 Å². The van der Waals surface area contributed by atoms with Crippen molar-refractivity contribution >= 4 is 23.6 Å². The number of ether oxygens (including phenoxy) is 4. The number of hydrogen-bond acceptors (Lipinski definition) is 6. The van der Waals surface area contributed by atoms with Crippen LogP contribution in [0, 0.1) is 0 Å². The van der Waals surface area contributed by atoms with Crippen LogP contribution in [0.4, 0.5) is 5.69 Å². The summed E-state index contributed by atoms with van der Waals surface area (Å²) in [7, 11) is 1.58. The molecular formula is C25H30N2O6. The van der Waals surface area contributed by atoms with E-state index in [1.54, 1.807) is 37.5 Å². The Morgan fingerprint density at radius 3 is 2.58 bits per heavy atom. The second-order valence-corrected chi connectivity index (χ2v) is 7.35. The van der Waals surface area contributed by atoms with Gasteiger partial charge in [-0.05, 0) is 49.2 Å². The Labute approximate surface area is 194 Å². The van der Waals surface area contributed by atoms with E-state index in [1.165, 1.54) is 11.0 Å². The molecular weight excluding hydrogens is 424 g/mol. The summed E-state index contributed by atoms with van der Waals surface area (Å²) < 4.78 is 22.1. The summed E-state index contributed by atoms with van der Waals surface area (Å²) in [5, 5.41) is 2.80. The molecule has 0 bridgehead atoms. The molecule has 176 valence electrons. The average molecular weight is 455 g/mol. The zero-order chi connectivity index (χ0) is 23.6. The number of amides is 2. The fraction of sp³-hybridized carbons (Fsp3) is 0.360. The van der Waals surface area contributed by atoms with Crippen LogP contribution in [0.5, 0.6) is 23.0 Å². The van der Waals surface area contributed by atoms with Gasteiger partial charge in [-0.15, -0.1) is 0 Å². The van der Waals surface area contributed by atoms with E-state index in [1.807, 2.05) is 26.0 Å². The monoisotopic (exact) mass is 454 g/mol. The van der Waals surface area contributed by atoms with Crippen molar-refractivity contribution in [2.24, 2.45) is 0 Å². The summed E-state index contributed by atoms with van der Waals surface area (Å²) in [6, 6.07) is 10.7. The van der Waals surface area contributed by atoms with Crippen LogP contribution in [0.15, 0.2) is 42.5 Å². The molecule has 33 heavy (non-hydrogen) atoms. The molecule has 3 rings (SSSR count). The maximum absolute atomic E-state index is 12.7. The Kier molecular flexibility index (Phi) is 8.57. The molecule has 8 heteroatoms. The lowest BCUT2D eigenvalue weighted by molar-refractivity contribution is -0.130. The highest BCUT2D eigenvalue weighted by atomic mass is 16.6. The molecule has 0 aliphatic carbocycles. The molecule has 0 spiro atoms. The number of anilines is 1. The summed E-state index contributed by atoms with van der Waals surface area (Å²) in [5.41, 5.74) is 1.38. The number of nitrogens with zero attached hydrogens (tertiary/aromatic N) is 1. The lowest BCUT2D eigenvalue weighted by Gasteiger charge is -2.20. The quantitative estimate of drug-likeness (QED) is 0.550. The second-order valence-electron chi connectivity index (χ2n) is 7.35. The van der Waals surface area contributed by atoms with Crippen molar-refractivity contribution in [3.63, 3.8) is 0 Å². The van der Waals surface area contributed by atoms with E-state index in [9.17, 15) is 9.59 Å². The standard InChI is InChI=1S/C25H30N2O6/c1-4-12-31-20-9-6-18(15-22(20)30-3)7-11-25(29)27(5-2)17-24(28)26-19-8-10-21-23(16-19)33-14-13-32-21/h6-11,15-16H,4-5,12-14,17H2,1-3H3,(H,26,28)/b11-7+. The van der Waals surface area contributed by atoms with Gasteiger partial charge in [0.2, 0.25) is 11.8 Å². The molecule has 0 radical (unpaired) electrons. The number of carbonyl (C=O) groups is 2. The van der Waals surface area contributed by atoms with E-state index in [0.29, 0.717) is 55.1 Å². The van der Waals surface area contributed by atoms with Gasteiger partial charge in [-0.1, -0.05) is 13.0 Å². The van der Waals surface area contributed by atoms with Crippen LogP contribution in [0.2, 0.25) is 0 Å². The van der Waals surface area contributed by atoms with Gasteiger partial charge in [0, 0.05) is 24.4 Å². The third-order valence-electron chi connectivity index (χ3n) is 4.92. The summed E-state index contributed by atoms with van der Waals surface area (Å²) in [6.45, 7) is 5.76. The minimum absolute atomic E-state index is 0.0682. The Bertz CT molecular complexity index is 1000. The van der Waals surface area contributed by atoms with Gasteiger partial charge >= 0.3 is 0 Å². The number of benzene rings is 2. The van der Waals surface area contributed by atoms with Gasteiger partial charge in [0.15, 0.2) is 23.0 Å². The smallest absolute Gasteiger partial charge is 0.247 e. The molecule has 0 saturated heterocycles. The van der Waals surface area contributed by atoms with Crippen LogP contribution >= 0.6 is 0 Å². The molecule has 0 aromatic heterocycles. The first-order valence-corrected chi connectivity index (χ1v) is 11.0. The van der Waals surface area contributed by atoms with Gasteiger partial charge in [0.25, 0.3) is 0 Å². The molecule has 1 heterocycles. The van der Waals surface area contributed by atoms with Crippen molar-refractivity contribution in [3.05, 3.63) is 48.0 Å². The summed E-state index contributed by atoms with van der Waals surface area (Å²) in [4.78, 5) is 26.6. The molecule has 1 N–H and O–H groups in total.